The molecule has 0 bridgehead atoms. The summed E-state index contributed by atoms with van der Waals surface area (Å²) in [5, 5.41) is 14.2. The zero-order valence-electron chi connectivity index (χ0n) is 15.7. The van der Waals surface area contributed by atoms with Gasteiger partial charge >= 0.3 is 6.18 Å². The molecule has 1 aliphatic carbocycles. The van der Waals surface area contributed by atoms with E-state index >= 15 is 0 Å². The van der Waals surface area contributed by atoms with Crippen molar-refractivity contribution in [2.24, 2.45) is 0 Å². The van der Waals surface area contributed by atoms with E-state index in [1.807, 2.05) is 0 Å². The highest BCUT2D eigenvalue weighted by Gasteiger charge is 2.33. The molecule has 0 saturated heterocycles. The first kappa shape index (κ1) is 19.8. The Labute approximate surface area is 169 Å². The van der Waals surface area contributed by atoms with Crippen LogP contribution in [0.25, 0.3) is 5.69 Å². The molecule has 4 rings (SSSR count). The van der Waals surface area contributed by atoms with Gasteiger partial charge in [0.15, 0.2) is 5.69 Å². The van der Waals surface area contributed by atoms with Gasteiger partial charge in [-0.25, -0.2) is 9.97 Å². The Morgan fingerprint density at radius 3 is 2.47 bits per heavy atom. The van der Waals surface area contributed by atoms with E-state index in [0.717, 1.165) is 25.5 Å². The normalized spacial score (nSPS) is 18.9. The number of aromatic nitrogens is 5. The molecule has 1 fully saturated rings. The quantitative estimate of drug-likeness (QED) is 0.663. The number of halogens is 3. The fourth-order valence-corrected chi connectivity index (χ4v) is 3.47. The molecule has 1 amide bonds. The third-order valence-electron chi connectivity index (χ3n) is 4.89. The van der Waals surface area contributed by atoms with Crippen LogP contribution in [0.15, 0.2) is 49.1 Å². The van der Waals surface area contributed by atoms with E-state index in [4.69, 9.17) is 0 Å². The van der Waals surface area contributed by atoms with Crippen molar-refractivity contribution in [3.63, 3.8) is 0 Å². The number of rotatable bonds is 5. The van der Waals surface area contributed by atoms with E-state index in [0.29, 0.717) is 17.4 Å². The lowest BCUT2D eigenvalue weighted by Crippen LogP contribution is -2.43. The highest BCUT2D eigenvalue weighted by molar-refractivity contribution is 5.97. The number of carbonyl (C=O) groups excluding carboxylic acids is 1. The fourth-order valence-electron chi connectivity index (χ4n) is 3.47. The monoisotopic (exact) mass is 417 g/mol. The molecule has 2 heterocycles. The van der Waals surface area contributed by atoms with Gasteiger partial charge in [0.2, 0.25) is 0 Å². The molecule has 0 unspecified atom stereocenters. The molecule has 1 aromatic carbocycles. The van der Waals surface area contributed by atoms with Crippen LogP contribution in [0.1, 0.15) is 35.3 Å². The van der Waals surface area contributed by atoms with E-state index in [2.05, 4.69) is 30.8 Å². The number of para-hydroxylation sites is 1. The maximum Gasteiger partial charge on any atom is 0.434 e. The predicted molar refractivity (Wildman–Crippen MR) is 101 cm³/mol. The van der Waals surface area contributed by atoms with Crippen LogP contribution in [0.4, 0.5) is 19.0 Å². The van der Waals surface area contributed by atoms with Crippen LogP contribution < -0.4 is 10.6 Å². The molecule has 2 aromatic heterocycles. The number of anilines is 1. The number of hydrogen-bond donors (Lipinski definition) is 2. The summed E-state index contributed by atoms with van der Waals surface area (Å²) < 4.78 is 37.9. The van der Waals surface area contributed by atoms with Gasteiger partial charge in [0, 0.05) is 12.1 Å². The van der Waals surface area contributed by atoms with Crippen molar-refractivity contribution in [2.75, 3.05) is 5.32 Å². The van der Waals surface area contributed by atoms with Crippen molar-refractivity contribution in [1.82, 2.24) is 30.3 Å². The molecular weight excluding hydrogens is 399 g/mol. The zero-order chi connectivity index (χ0) is 21.1. The summed E-state index contributed by atoms with van der Waals surface area (Å²) >= 11 is 0. The van der Waals surface area contributed by atoms with Gasteiger partial charge in [-0.05, 0) is 31.4 Å². The molecule has 11 heteroatoms. The van der Waals surface area contributed by atoms with Gasteiger partial charge in [0.25, 0.3) is 5.91 Å². The Morgan fingerprint density at radius 2 is 1.77 bits per heavy atom. The second kappa shape index (κ2) is 8.09. The standard InChI is InChI=1S/C19H18F3N7O/c20-19(21,22)16-10-24-17(11-23-16)27-13-5-3-6-14(13)28-18(30)12-4-1-2-7-15(12)29-25-8-9-26-29/h1-2,4,7-11,13-14H,3,5-6H2,(H,24,27)(H,28,30)/t13-,14+/m0/s1. The van der Waals surface area contributed by atoms with Crippen molar-refractivity contribution in [3.05, 3.63) is 60.3 Å². The lowest BCUT2D eigenvalue weighted by Gasteiger charge is -2.23. The van der Waals surface area contributed by atoms with E-state index in [9.17, 15) is 18.0 Å². The Hall–Kier alpha value is -3.50. The Morgan fingerprint density at radius 1 is 1.03 bits per heavy atom. The fraction of sp³-hybridized carbons (Fsp3) is 0.316. The minimum Gasteiger partial charge on any atom is -0.364 e. The van der Waals surface area contributed by atoms with Gasteiger partial charge in [-0.15, -0.1) is 0 Å². The SMILES string of the molecule is O=C(N[C@@H]1CCC[C@@H]1Nc1cnc(C(F)(F)F)cn1)c1ccccc1-n1nccn1. The van der Waals surface area contributed by atoms with Gasteiger partial charge in [-0.3, -0.25) is 4.79 Å². The van der Waals surface area contributed by atoms with Gasteiger partial charge < -0.3 is 10.6 Å². The summed E-state index contributed by atoms with van der Waals surface area (Å²) in [7, 11) is 0. The number of nitrogens with one attached hydrogen (secondary N) is 2. The minimum atomic E-state index is -4.54. The molecule has 0 radical (unpaired) electrons. The van der Waals surface area contributed by atoms with E-state index < -0.39 is 11.9 Å². The van der Waals surface area contributed by atoms with Crippen LogP contribution >= 0.6 is 0 Å². The molecule has 2 N–H and O–H groups in total. The van der Waals surface area contributed by atoms with Crippen LogP contribution in [-0.4, -0.2) is 43.0 Å². The summed E-state index contributed by atoms with van der Waals surface area (Å²) in [5.41, 5.74) is -0.0713. The number of nitrogens with zero attached hydrogens (tertiary/aromatic N) is 5. The summed E-state index contributed by atoms with van der Waals surface area (Å²) in [6.07, 6.45) is 2.60. The van der Waals surface area contributed by atoms with Crippen molar-refractivity contribution < 1.29 is 18.0 Å². The highest BCUT2D eigenvalue weighted by Crippen LogP contribution is 2.28. The van der Waals surface area contributed by atoms with Gasteiger partial charge in [0.1, 0.15) is 5.82 Å². The van der Waals surface area contributed by atoms with Gasteiger partial charge in [0.05, 0.1) is 36.0 Å². The third-order valence-corrected chi connectivity index (χ3v) is 4.89. The first-order valence-electron chi connectivity index (χ1n) is 9.34. The highest BCUT2D eigenvalue weighted by atomic mass is 19.4. The average Bonchev–Trinajstić information content (AvgIpc) is 3.40. The first-order chi connectivity index (χ1) is 14.4. The molecule has 0 spiro atoms. The van der Waals surface area contributed by atoms with Gasteiger partial charge in [-0.1, -0.05) is 12.1 Å². The van der Waals surface area contributed by atoms with Crippen molar-refractivity contribution >= 4 is 11.7 Å². The maximum absolute atomic E-state index is 12.9. The molecule has 1 aliphatic rings. The van der Waals surface area contributed by atoms with Gasteiger partial charge in [-0.2, -0.15) is 28.2 Å². The van der Waals surface area contributed by atoms with Crippen molar-refractivity contribution in [3.8, 4) is 5.69 Å². The predicted octanol–water partition coefficient (Wildman–Crippen LogP) is 2.84. The lowest BCUT2D eigenvalue weighted by atomic mass is 10.1. The van der Waals surface area contributed by atoms with E-state index in [1.54, 1.807) is 24.3 Å². The Kier molecular flexibility index (Phi) is 5.34. The smallest absolute Gasteiger partial charge is 0.364 e. The van der Waals surface area contributed by atoms with E-state index in [-0.39, 0.29) is 23.8 Å². The maximum atomic E-state index is 12.9. The topological polar surface area (TPSA) is 97.6 Å². The lowest BCUT2D eigenvalue weighted by molar-refractivity contribution is -0.141. The molecule has 2 atom stereocenters. The summed E-state index contributed by atoms with van der Waals surface area (Å²) in [5.74, 6) is -0.0459. The number of alkyl halides is 3. The van der Waals surface area contributed by atoms with Crippen LogP contribution in [0.3, 0.4) is 0 Å². The second-order valence-electron chi connectivity index (χ2n) is 6.88. The molecule has 3 aromatic rings. The molecular formula is C19H18F3N7O. The number of amides is 1. The summed E-state index contributed by atoms with van der Waals surface area (Å²) in [6.45, 7) is 0. The van der Waals surface area contributed by atoms with Crippen LogP contribution in [0.5, 0.6) is 0 Å². The molecule has 8 nitrogen and oxygen atoms in total. The Balaban J connectivity index is 1.45. The first-order valence-corrected chi connectivity index (χ1v) is 9.34. The average molecular weight is 417 g/mol. The molecule has 1 saturated carbocycles. The molecule has 30 heavy (non-hydrogen) atoms. The number of carbonyl (C=O) groups is 1. The van der Waals surface area contributed by atoms with Crippen molar-refractivity contribution in [1.29, 1.82) is 0 Å². The second-order valence-corrected chi connectivity index (χ2v) is 6.88. The zero-order valence-corrected chi connectivity index (χ0v) is 15.7. The minimum absolute atomic E-state index is 0.171. The number of benzene rings is 1. The third kappa shape index (κ3) is 4.24. The molecule has 0 aliphatic heterocycles. The summed E-state index contributed by atoms with van der Waals surface area (Å²) in [6, 6.07) is 6.60. The van der Waals surface area contributed by atoms with Crippen molar-refractivity contribution in [2.45, 2.75) is 37.5 Å². The van der Waals surface area contributed by atoms with E-state index in [1.165, 1.54) is 17.2 Å². The Bertz CT molecular complexity index is 1010. The molecule has 156 valence electrons. The van der Waals surface area contributed by atoms with Crippen LogP contribution in [-0.2, 0) is 6.18 Å². The largest absolute Gasteiger partial charge is 0.434 e. The van der Waals surface area contributed by atoms with Crippen LogP contribution in [0.2, 0.25) is 0 Å². The number of hydrogen-bond acceptors (Lipinski definition) is 6. The summed E-state index contributed by atoms with van der Waals surface area (Å²) in [4.78, 5) is 21.5. The van der Waals surface area contributed by atoms with Crippen LogP contribution in [0, 0.1) is 0 Å².